The average molecular weight is 245 g/mol. The molecule has 90 valence electrons. The Morgan fingerprint density at radius 1 is 1.62 bits per heavy atom. The monoisotopic (exact) mass is 244 g/mol. The summed E-state index contributed by atoms with van der Waals surface area (Å²) in [6.07, 6.45) is 3.68. The summed E-state index contributed by atoms with van der Waals surface area (Å²) in [4.78, 5) is 11.7. The van der Waals surface area contributed by atoms with E-state index in [1.54, 1.807) is 6.26 Å². The highest BCUT2D eigenvalue weighted by molar-refractivity contribution is 5.85. The normalized spacial score (nSPS) is 19.9. The Hall–Kier alpha value is -1.00. The summed E-state index contributed by atoms with van der Waals surface area (Å²) in [5.41, 5.74) is 0. The number of carbonyl (C=O) groups is 1. The first-order valence-corrected chi connectivity index (χ1v) is 5.37. The van der Waals surface area contributed by atoms with Crippen LogP contribution in [0.1, 0.15) is 18.6 Å². The van der Waals surface area contributed by atoms with Crippen LogP contribution in [0.4, 0.5) is 0 Å². The zero-order valence-corrected chi connectivity index (χ0v) is 9.89. The lowest BCUT2D eigenvalue weighted by Gasteiger charge is -2.21. The molecule has 1 aliphatic heterocycles. The molecule has 1 atom stereocenters. The molecule has 0 aliphatic carbocycles. The first kappa shape index (κ1) is 13.1. The number of hydrogen-bond acceptors (Lipinski definition) is 3. The van der Waals surface area contributed by atoms with Gasteiger partial charge in [-0.3, -0.25) is 4.79 Å². The van der Waals surface area contributed by atoms with Crippen LogP contribution < -0.4 is 10.6 Å². The maximum Gasteiger partial charge on any atom is 0.224 e. The van der Waals surface area contributed by atoms with E-state index in [9.17, 15) is 4.79 Å². The number of amides is 1. The van der Waals surface area contributed by atoms with Crippen molar-refractivity contribution in [2.45, 2.75) is 19.4 Å². The lowest BCUT2D eigenvalue weighted by atomic mass is 9.99. The van der Waals surface area contributed by atoms with Crippen molar-refractivity contribution in [3.63, 3.8) is 0 Å². The molecule has 1 aromatic rings. The summed E-state index contributed by atoms with van der Waals surface area (Å²) in [6, 6.07) is 3.68. The maximum absolute atomic E-state index is 11.7. The minimum absolute atomic E-state index is 0. The zero-order valence-electron chi connectivity index (χ0n) is 9.07. The molecular weight excluding hydrogens is 228 g/mol. The van der Waals surface area contributed by atoms with Crippen LogP contribution in [-0.2, 0) is 11.3 Å². The fraction of sp³-hybridized carbons (Fsp3) is 0.545. The third-order valence-corrected chi connectivity index (χ3v) is 2.68. The first-order valence-electron chi connectivity index (χ1n) is 5.37. The number of hydrogen-bond donors (Lipinski definition) is 2. The van der Waals surface area contributed by atoms with Gasteiger partial charge in [-0.2, -0.15) is 0 Å². The molecule has 0 aromatic carbocycles. The van der Waals surface area contributed by atoms with E-state index in [4.69, 9.17) is 4.42 Å². The maximum atomic E-state index is 11.7. The van der Waals surface area contributed by atoms with Crippen LogP contribution in [0.5, 0.6) is 0 Å². The zero-order chi connectivity index (χ0) is 10.5. The van der Waals surface area contributed by atoms with Crippen LogP contribution >= 0.6 is 12.4 Å². The number of nitrogens with one attached hydrogen (secondary N) is 2. The fourth-order valence-electron chi connectivity index (χ4n) is 1.81. The van der Waals surface area contributed by atoms with Crippen molar-refractivity contribution in [1.82, 2.24) is 10.6 Å². The van der Waals surface area contributed by atoms with Gasteiger partial charge in [-0.1, -0.05) is 0 Å². The predicted molar refractivity (Wildman–Crippen MR) is 63.4 cm³/mol. The summed E-state index contributed by atoms with van der Waals surface area (Å²) >= 11 is 0. The van der Waals surface area contributed by atoms with Crippen LogP contribution in [0.15, 0.2) is 22.8 Å². The van der Waals surface area contributed by atoms with Crippen molar-refractivity contribution in [2.24, 2.45) is 5.92 Å². The summed E-state index contributed by atoms with van der Waals surface area (Å²) in [7, 11) is 0. The van der Waals surface area contributed by atoms with Crippen LogP contribution in [0.25, 0.3) is 0 Å². The average Bonchev–Trinajstić information content (AvgIpc) is 2.80. The van der Waals surface area contributed by atoms with Gasteiger partial charge in [0, 0.05) is 6.54 Å². The van der Waals surface area contributed by atoms with Gasteiger partial charge in [0.25, 0.3) is 0 Å². The topological polar surface area (TPSA) is 54.3 Å². The minimum Gasteiger partial charge on any atom is -0.467 e. The molecule has 2 rings (SSSR count). The Kier molecular flexibility index (Phi) is 5.35. The highest BCUT2D eigenvalue weighted by Gasteiger charge is 2.20. The second-order valence-electron chi connectivity index (χ2n) is 3.84. The van der Waals surface area contributed by atoms with Crippen molar-refractivity contribution in [2.75, 3.05) is 13.1 Å². The number of piperidine rings is 1. The molecule has 2 N–H and O–H groups in total. The van der Waals surface area contributed by atoms with E-state index < -0.39 is 0 Å². The van der Waals surface area contributed by atoms with Gasteiger partial charge >= 0.3 is 0 Å². The van der Waals surface area contributed by atoms with E-state index in [0.717, 1.165) is 31.7 Å². The Labute approximate surface area is 101 Å². The molecule has 0 bridgehead atoms. The van der Waals surface area contributed by atoms with Crippen molar-refractivity contribution < 1.29 is 9.21 Å². The van der Waals surface area contributed by atoms with Crippen LogP contribution in [0, 0.1) is 5.92 Å². The highest BCUT2D eigenvalue weighted by atomic mass is 35.5. The quantitative estimate of drug-likeness (QED) is 0.843. The highest BCUT2D eigenvalue weighted by Crippen LogP contribution is 2.10. The van der Waals surface area contributed by atoms with Crippen molar-refractivity contribution >= 4 is 18.3 Å². The molecular formula is C11H17ClN2O2. The van der Waals surface area contributed by atoms with Crippen molar-refractivity contribution in [3.8, 4) is 0 Å². The molecule has 1 saturated heterocycles. The van der Waals surface area contributed by atoms with E-state index in [0.29, 0.717) is 6.54 Å². The third-order valence-electron chi connectivity index (χ3n) is 2.68. The number of rotatable bonds is 3. The van der Waals surface area contributed by atoms with E-state index >= 15 is 0 Å². The first-order chi connectivity index (χ1) is 7.36. The molecule has 1 amide bonds. The Bertz CT molecular complexity index is 308. The molecule has 2 heterocycles. The number of halogens is 1. The van der Waals surface area contributed by atoms with Gasteiger partial charge in [0.1, 0.15) is 5.76 Å². The lowest BCUT2D eigenvalue weighted by Crippen LogP contribution is -2.40. The van der Waals surface area contributed by atoms with Gasteiger partial charge < -0.3 is 15.1 Å². The van der Waals surface area contributed by atoms with E-state index in [-0.39, 0.29) is 24.2 Å². The van der Waals surface area contributed by atoms with Crippen molar-refractivity contribution in [1.29, 1.82) is 0 Å². The standard InChI is InChI=1S/C11H16N2O2.ClH/c14-11(9-3-1-5-12-7-9)13-8-10-4-2-6-15-10;/h2,4,6,9,12H,1,3,5,7-8H2,(H,13,14);1H. The Morgan fingerprint density at radius 3 is 3.12 bits per heavy atom. The molecule has 5 heteroatoms. The van der Waals surface area contributed by atoms with Crippen LogP contribution in [-0.4, -0.2) is 19.0 Å². The smallest absolute Gasteiger partial charge is 0.224 e. The summed E-state index contributed by atoms with van der Waals surface area (Å²) < 4.78 is 5.14. The van der Waals surface area contributed by atoms with E-state index in [2.05, 4.69) is 10.6 Å². The lowest BCUT2D eigenvalue weighted by molar-refractivity contribution is -0.125. The molecule has 1 aliphatic rings. The SMILES string of the molecule is Cl.O=C(NCc1ccco1)C1CCCNC1. The van der Waals surface area contributed by atoms with Crippen LogP contribution in [0.3, 0.4) is 0 Å². The van der Waals surface area contributed by atoms with Gasteiger partial charge in [-0.15, -0.1) is 12.4 Å². The molecule has 0 spiro atoms. The molecule has 1 unspecified atom stereocenters. The van der Waals surface area contributed by atoms with Crippen LogP contribution in [0.2, 0.25) is 0 Å². The van der Waals surface area contributed by atoms with E-state index in [1.165, 1.54) is 0 Å². The van der Waals surface area contributed by atoms with Gasteiger partial charge in [0.15, 0.2) is 0 Å². The molecule has 0 radical (unpaired) electrons. The predicted octanol–water partition coefficient (Wildman–Crippen LogP) is 1.32. The second-order valence-corrected chi connectivity index (χ2v) is 3.84. The Morgan fingerprint density at radius 2 is 2.50 bits per heavy atom. The van der Waals surface area contributed by atoms with Gasteiger partial charge in [0.05, 0.1) is 18.7 Å². The summed E-state index contributed by atoms with van der Waals surface area (Å²) in [6.45, 7) is 2.31. The largest absolute Gasteiger partial charge is 0.467 e. The molecule has 1 aromatic heterocycles. The molecule has 16 heavy (non-hydrogen) atoms. The number of carbonyl (C=O) groups excluding carboxylic acids is 1. The fourth-order valence-corrected chi connectivity index (χ4v) is 1.81. The minimum atomic E-state index is 0. The second kappa shape index (κ2) is 6.55. The van der Waals surface area contributed by atoms with Gasteiger partial charge in [-0.25, -0.2) is 0 Å². The summed E-state index contributed by atoms with van der Waals surface area (Å²) in [5.74, 6) is 1.04. The number of furan rings is 1. The van der Waals surface area contributed by atoms with Gasteiger partial charge in [-0.05, 0) is 31.5 Å². The van der Waals surface area contributed by atoms with Crippen molar-refractivity contribution in [3.05, 3.63) is 24.2 Å². The molecule has 1 fully saturated rings. The third kappa shape index (κ3) is 3.54. The Balaban J connectivity index is 0.00000128. The van der Waals surface area contributed by atoms with E-state index in [1.807, 2.05) is 12.1 Å². The molecule has 0 saturated carbocycles. The van der Waals surface area contributed by atoms with Gasteiger partial charge in [0.2, 0.25) is 5.91 Å². The summed E-state index contributed by atoms with van der Waals surface area (Å²) in [5, 5.41) is 6.11. The molecule has 4 nitrogen and oxygen atoms in total.